The van der Waals surface area contributed by atoms with Crippen molar-refractivity contribution in [2.24, 2.45) is 0 Å². The fourth-order valence-corrected chi connectivity index (χ4v) is 1.60. The smallest absolute Gasteiger partial charge is 0.433 e. The summed E-state index contributed by atoms with van der Waals surface area (Å²) in [5.74, 6) is -3.51. The maximum absolute atomic E-state index is 13.5. The van der Waals surface area contributed by atoms with Crippen LogP contribution in [0.25, 0.3) is 0 Å². The topological polar surface area (TPSA) is 57.4 Å². The van der Waals surface area contributed by atoms with Crippen LogP contribution in [0.2, 0.25) is 0 Å². The molecule has 0 fully saturated rings. The molecule has 0 radical (unpaired) electrons. The zero-order chi connectivity index (χ0) is 16.5. The van der Waals surface area contributed by atoms with Gasteiger partial charge in [-0.2, -0.15) is 17.6 Å². The molecule has 2 N–H and O–H groups in total. The van der Waals surface area contributed by atoms with Gasteiger partial charge in [-0.05, 0) is 18.2 Å². The Morgan fingerprint density at radius 1 is 1.14 bits per heavy atom. The highest BCUT2D eigenvalue weighted by Gasteiger charge is 2.33. The van der Waals surface area contributed by atoms with E-state index in [0.717, 1.165) is 25.4 Å². The molecule has 0 atom stereocenters. The van der Waals surface area contributed by atoms with Crippen molar-refractivity contribution in [3.05, 3.63) is 41.7 Å². The van der Waals surface area contributed by atoms with Crippen LogP contribution in [0.15, 0.2) is 24.4 Å². The number of hydrogen-bond donors (Lipinski definition) is 1. The summed E-state index contributed by atoms with van der Waals surface area (Å²) in [5.41, 5.74) is 3.89. The fourth-order valence-electron chi connectivity index (χ4n) is 1.60. The second kappa shape index (κ2) is 5.66. The number of alkyl halides is 3. The number of benzene rings is 1. The maximum Gasteiger partial charge on any atom is 0.433 e. The average Bonchev–Trinajstić information content (AvgIpc) is 2.44. The first-order chi connectivity index (χ1) is 10.2. The number of nitrogen functional groups attached to an aromatic ring is 1. The van der Waals surface area contributed by atoms with Gasteiger partial charge < -0.3 is 15.2 Å². The van der Waals surface area contributed by atoms with Crippen molar-refractivity contribution in [2.45, 2.75) is 6.18 Å². The molecule has 0 aliphatic carbocycles. The molecule has 1 aromatic heterocycles. The van der Waals surface area contributed by atoms with E-state index >= 15 is 0 Å². The molecule has 4 nitrogen and oxygen atoms in total. The highest BCUT2D eigenvalue weighted by atomic mass is 19.4. The summed E-state index contributed by atoms with van der Waals surface area (Å²) >= 11 is 0. The minimum atomic E-state index is -4.66. The first-order valence-electron chi connectivity index (χ1n) is 5.76. The lowest BCUT2D eigenvalue weighted by atomic mass is 10.2. The quantitative estimate of drug-likeness (QED) is 0.875. The van der Waals surface area contributed by atoms with Gasteiger partial charge in [0.25, 0.3) is 0 Å². The van der Waals surface area contributed by atoms with E-state index in [1.54, 1.807) is 0 Å². The Kier molecular flexibility index (Phi) is 4.07. The van der Waals surface area contributed by atoms with Gasteiger partial charge in [-0.1, -0.05) is 0 Å². The fraction of sp³-hybridized carbons (Fsp3) is 0.154. The standard InChI is InChI=1S/C13H9F5N2O2/c1-21-12-8(3-2-6(14)11(12)15)22-9-5-20-10(4-7(9)19)13(16,17)18/h2-5H,1H3,(H2,19,20). The van der Waals surface area contributed by atoms with Crippen LogP contribution in [0.5, 0.6) is 17.2 Å². The van der Waals surface area contributed by atoms with E-state index in [4.69, 9.17) is 10.5 Å². The Balaban J connectivity index is 2.38. The van der Waals surface area contributed by atoms with Crippen molar-refractivity contribution >= 4 is 5.69 Å². The average molecular weight is 320 g/mol. The molecule has 118 valence electrons. The second-order valence-corrected chi connectivity index (χ2v) is 4.10. The van der Waals surface area contributed by atoms with E-state index in [2.05, 4.69) is 9.72 Å². The Hall–Kier alpha value is -2.58. The van der Waals surface area contributed by atoms with Crippen molar-refractivity contribution in [3.8, 4) is 17.2 Å². The number of halogens is 5. The van der Waals surface area contributed by atoms with Gasteiger partial charge in [0.05, 0.1) is 19.0 Å². The molecule has 9 heteroatoms. The molecular formula is C13H9F5N2O2. The van der Waals surface area contributed by atoms with E-state index in [0.29, 0.717) is 6.07 Å². The van der Waals surface area contributed by atoms with Gasteiger partial charge in [-0.3, -0.25) is 0 Å². The summed E-state index contributed by atoms with van der Waals surface area (Å²) in [6.45, 7) is 0. The normalized spacial score (nSPS) is 11.4. The molecule has 1 aromatic carbocycles. The third-order valence-electron chi connectivity index (χ3n) is 2.63. The first kappa shape index (κ1) is 15.8. The predicted octanol–water partition coefficient (Wildman–Crippen LogP) is 3.76. The third-order valence-corrected chi connectivity index (χ3v) is 2.63. The van der Waals surface area contributed by atoms with E-state index in [1.165, 1.54) is 0 Å². The van der Waals surface area contributed by atoms with Gasteiger partial charge in [0, 0.05) is 0 Å². The molecule has 0 aliphatic heterocycles. The summed E-state index contributed by atoms with van der Waals surface area (Å²) in [5, 5.41) is 0. The summed E-state index contributed by atoms with van der Waals surface area (Å²) in [4.78, 5) is 3.16. The Labute approximate surface area is 121 Å². The van der Waals surface area contributed by atoms with E-state index in [9.17, 15) is 22.0 Å². The van der Waals surface area contributed by atoms with Crippen LogP contribution in [-0.2, 0) is 6.18 Å². The van der Waals surface area contributed by atoms with Gasteiger partial charge in [-0.25, -0.2) is 9.37 Å². The SMILES string of the molecule is COc1c(Oc2cnc(C(F)(F)F)cc2N)ccc(F)c1F. The van der Waals surface area contributed by atoms with E-state index in [1.807, 2.05) is 0 Å². The Morgan fingerprint density at radius 3 is 2.36 bits per heavy atom. The number of pyridine rings is 1. The zero-order valence-corrected chi connectivity index (χ0v) is 11.0. The van der Waals surface area contributed by atoms with Crippen LogP contribution < -0.4 is 15.2 Å². The van der Waals surface area contributed by atoms with Crippen LogP contribution in [0, 0.1) is 11.6 Å². The number of methoxy groups -OCH3 is 1. The Morgan fingerprint density at radius 2 is 1.82 bits per heavy atom. The number of anilines is 1. The van der Waals surface area contributed by atoms with Crippen LogP contribution in [-0.4, -0.2) is 12.1 Å². The van der Waals surface area contributed by atoms with Crippen LogP contribution in [0.4, 0.5) is 27.6 Å². The van der Waals surface area contributed by atoms with Gasteiger partial charge in [0.1, 0.15) is 5.69 Å². The zero-order valence-electron chi connectivity index (χ0n) is 11.0. The van der Waals surface area contributed by atoms with Crippen molar-refractivity contribution in [2.75, 3.05) is 12.8 Å². The molecule has 0 bridgehead atoms. The summed E-state index contributed by atoms with van der Waals surface area (Å²) in [6.07, 6.45) is -3.93. The number of nitrogens with two attached hydrogens (primary N) is 1. The van der Waals surface area contributed by atoms with Crippen LogP contribution in [0.3, 0.4) is 0 Å². The van der Waals surface area contributed by atoms with Crippen molar-refractivity contribution in [1.29, 1.82) is 0 Å². The lowest BCUT2D eigenvalue weighted by molar-refractivity contribution is -0.141. The molecule has 2 rings (SSSR count). The maximum atomic E-state index is 13.5. The Bertz CT molecular complexity index is 704. The predicted molar refractivity (Wildman–Crippen MR) is 66.6 cm³/mol. The lowest BCUT2D eigenvalue weighted by Crippen LogP contribution is -2.09. The first-order valence-corrected chi connectivity index (χ1v) is 5.76. The molecule has 2 aromatic rings. The van der Waals surface area contributed by atoms with Crippen LogP contribution in [0.1, 0.15) is 5.69 Å². The number of nitrogens with zero attached hydrogens (tertiary/aromatic N) is 1. The molecule has 0 amide bonds. The second-order valence-electron chi connectivity index (χ2n) is 4.10. The molecule has 1 heterocycles. The van der Waals surface area contributed by atoms with Crippen molar-refractivity contribution < 1.29 is 31.4 Å². The minimum absolute atomic E-state index is 0.252. The molecule has 22 heavy (non-hydrogen) atoms. The number of hydrogen-bond acceptors (Lipinski definition) is 4. The van der Waals surface area contributed by atoms with Gasteiger partial charge in [0.15, 0.2) is 17.3 Å². The molecule has 0 aliphatic rings. The summed E-state index contributed by atoms with van der Waals surface area (Å²) in [6, 6.07) is 2.40. The third kappa shape index (κ3) is 3.02. The van der Waals surface area contributed by atoms with Gasteiger partial charge in [-0.15, -0.1) is 0 Å². The minimum Gasteiger partial charge on any atom is -0.490 e. The highest BCUT2D eigenvalue weighted by Crippen LogP contribution is 2.38. The number of ether oxygens (including phenoxy) is 2. The number of aromatic nitrogens is 1. The molecule has 0 saturated heterocycles. The van der Waals surface area contributed by atoms with Gasteiger partial charge in [0.2, 0.25) is 11.6 Å². The van der Waals surface area contributed by atoms with E-state index in [-0.39, 0.29) is 17.2 Å². The monoisotopic (exact) mass is 320 g/mol. The molecule has 0 unspecified atom stereocenters. The molecule has 0 spiro atoms. The summed E-state index contributed by atoms with van der Waals surface area (Å²) < 4.78 is 73.8. The highest BCUT2D eigenvalue weighted by molar-refractivity contribution is 5.55. The van der Waals surface area contributed by atoms with Crippen LogP contribution >= 0.6 is 0 Å². The van der Waals surface area contributed by atoms with E-state index < -0.39 is 29.3 Å². The van der Waals surface area contributed by atoms with Crippen molar-refractivity contribution in [1.82, 2.24) is 4.98 Å². The number of rotatable bonds is 3. The molecule has 0 saturated carbocycles. The molecular weight excluding hydrogens is 311 g/mol. The summed E-state index contributed by atoms with van der Waals surface area (Å²) in [7, 11) is 1.08. The largest absolute Gasteiger partial charge is 0.490 e. The lowest BCUT2D eigenvalue weighted by Gasteiger charge is -2.13. The van der Waals surface area contributed by atoms with Gasteiger partial charge >= 0.3 is 6.18 Å². The van der Waals surface area contributed by atoms with Crippen molar-refractivity contribution in [3.63, 3.8) is 0 Å².